The van der Waals surface area contributed by atoms with Crippen LogP contribution in [-0.4, -0.2) is 17.3 Å². The Morgan fingerprint density at radius 1 is 1.29 bits per heavy atom. The molecule has 2 nitrogen and oxygen atoms in total. The molecule has 136 valence electrons. The summed E-state index contributed by atoms with van der Waals surface area (Å²) in [7, 11) is 0. The molecule has 0 aromatic carbocycles. The molecule has 1 N–H and O–H groups in total. The summed E-state index contributed by atoms with van der Waals surface area (Å²) in [5.74, 6) is 1.22. The number of hydrogen-bond acceptors (Lipinski definition) is 1. The highest BCUT2D eigenvalue weighted by Crippen LogP contribution is 2.57. The SMILES string of the molecule is C=C(N(CCCCCC)C(C)=N)C1(C(/C=C\C)=C/CC)CCC1C. The third kappa shape index (κ3) is 4.40. The summed E-state index contributed by atoms with van der Waals surface area (Å²) in [6.45, 7) is 16.2. The van der Waals surface area contributed by atoms with Gasteiger partial charge in [-0.25, -0.2) is 0 Å². The first kappa shape index (κ1) is 20.7. The molecular formula is C22H38N2. The van der Waals surface area contributed by atoms with Gasteiger partial charge in [-0.15, -0.1) is 0 Å². The zero-order valence-electron chi connectivity index (χ0n) is 16.6. The lowest BCUT2D eigenvalue weighted by atomic mass is 9.55. The summed E-state index contributed by atoms with van der Waals surface area (Å²) in [5.41, 5.74) is 2.56. The van der Waals surface area contributed by atoms with Crippen molar-refractivity contribution in [3.8, 4) is 0 Å². The predicted octanol–water partition coefficient (Wildman–Crippen LogP) is 6.71. The van der Waals surface area contributed by atoms with Crippen LogP contribution in [0.3, 0.4) is 0 Å². The summed E-state index contributed by atoms with van der Waals surface area (Å²) < 4.78 is 0. The topological polar surface area (TPSA) is 27.1 Å². The third-order valence-corrected chi connectivity index (χ3v) is 5.58. The van der Waals surface area contributed by atoms with Gasteiger partial charge in [-0.3, -0.25) is 5.41 Å². The summed E-state index contributed by atoms with van der Waals surface area (Å²) in [6.07, 6.45) is 15.1. The van der Waals surface area contributed by atoms with Crippen LogP contribution in [-0.2, 0) is 0 Å². The number of allylic oxidation sites excluding steroid dienone is 4. The second-order valence-corrected chi connectivity index (χ2v) is 7.22. The molecule has 0 amide bonds. The van der Waals surface area contributed by atoms with Gasteiger partial charge in [0.2, 0.25) is 0 Å². The Balaban J connectivity index is 3.06. The van der Waals surface area contributed by atoms with E-state index in [1.165, 1.54) is 31.3 Å². The van der Waals surface area contributed by atoms with Crippen LogP contribution in [0.15, 0.2) is 36.1 Å². The van der Waals surface area contributed by atoms with E-state index in [1.807, 2.05) is 6.92 Å². The average molecular weight is 331 g/mol. The average Bonchev–Trinajstić information content (AvgIpc) is 2.53. The Morgan fingerprint density at radius 2 is 2.00 bits per heavy atom. The fourth-order valence-corrected chi connectivity index (χ4v) is 3.99. The first-order valence-corrected chi connectivity index (χ1v) is 9.81. The number of rotatable bonds is 10. The predicted molar refractivity (Wildman–Crippen MR) is 107 cm³/mol. The molecular weight excluding hydrogens is 292 g/mol. The quantitative estimate of drug-likeness (QED) is 0.205. The molecule has 0 saturated heterocycles. The van der Waals surface area contributed by atoms with E-state index in [1.54, 1.807) is 0 Å². The van der Waals surface area contributed by atoms with Crippen molar-refractivity contribution in [3.63, 3.8) is 0 Å². The van der Waals surface area contributed by atoms with E-state index in [9.17, 15) is 0 Å². The van der Waals surface area contributed by atoms with Gasteiger partial charge in [0.15, 0.2) is 0 Å². The monoisotopic (exact) mass is 330 g/mol. The van der Waals surface area contributed by atoms with Crippen LogP contribution in [0.4, 0.5) is 0 Å². The van der Waals surface area contributed by atoms with Crippen LogP contribution >= 0.6 is 0 Å². The number of nitrogens with zero attached hydrogens (tertiary/aromatic N) is 1. The van der Waals surface area contributed by atoms with Gasteiger partial charge in [0.1, 0.15) is 0 Å². The summed E-state index contributed by atoms with van der Waals surface area (Å²) >= 11 is 0. The van der Waals surface area contributed by atoms with Crippen LogP contribution < -0.4 is 0 Å². The van der Waals surface area contributed by atoms with Gasteiger partial charge >= 0.3 is 0 Å². The number of hydrogen-bond donors (Lipinski definition) is 1. The number of amidine groups is 1. The fourth-order valence-electron chi connectivity index (χ4n) is 3.99. The van der Waals surface area contributed by atoms with Gasteiger partial charge in [0.25, 0.3) is 0 Å². The van der Waals surface area contributed by atoms with E-state index in [-0.39, 0.29) is 5.41 Å². The molecule has 24 heavy (non-hydrogen) atoms. The van der Waals surface area contributed by atoms with E-state index >= 15 is 0 Å². The highest BCUT2D eigenvalue weighted by Gasteiger charge is 2.49. The van der Waals surface area contributed by atoms with E-state index in [0.717, 1.165) is 31.5 Å². The van der Waals surface area contributed by atoms with E-state index in [0.29, 0.717) is 11.8 Å². The minimum Gasteiger partial charge on any atom is -0.334 e. The normalized spacial score (nSPS) is 24.0. The lowest BCUT2D eigenvalue weighted by Gasteiger charge is -2.53. The Kier molecular flexibility index (Phi) is 8.52. The molecule has 1 fully saturated rings. The summed E-state index contributed by atoms with van der Waals surface area (Å²) in [5, 5.41) is 8.28. The maximum absolute atomic E-state index is 8.28. The Hall–Kier alpha value is -1.31. The van der Waals surface area contributed by atoms with Crippen molar-refractivity contribution in [1.82, 2.24) is 4.90 Å². The highest BCUT2D eigenvalue weighted by molar-refractivity contribution is 5.78. The summed E-state index contributed by atoms with van der Waals surface area (Å²) in [4.78, 5) is 2.18. The van der Waals surface area contributed by atoms with E-state index in [4.69, 9.17) is 5.41 Å². The van der Waals surface area contributed by atoms with Gasteiger partial charge in [0.05, 0.1) is 5.84 Å². The van der Waals surface area contributed by atoms with Gasteiger partial charge in [-0.1, -0.05) is 64.8 Å². The molecule has 1 rings (SSSR count). The maximum Gasteiger partial charge on any atom is 0.0968 e. The minimum atomic E-state index is 0.0234. The van der Waals surface area contributed by atoms with Crippen molar-refractivity contribution in [3.05, 3.63) is 36.1 Å². The van der Waals surface area contributed by atoms with Crippen molar-refractivity contribution < 1.29 is 0 Å². The third-order valence-electron chi connectivity index (χ3n) is 5.58. The van der Waals surface area contributed by atoms with Crippen LogP contribution in [0.2, 0.25) is 0 Å². The number of nitrogens with one attached hydrogen (secondary N) is 1. The Labute approximate surface area is 150 Å². The van der Waals surface area contributed by atoms with Crippen molar-refractivity contribution >= 4 is 5.84 Å². The molecule has 0 bridgehead atoms. The van der Waals surface area contributed by atoms with Crippen molar-refractivity contribution in [2.75, 3.05) is 6.54 Å². The summed E-state index contributed by atoms with van der Waals surface area (Å²) in [6, 6.07) is 0. The lowest BCUT2D eigenvalue weighted by Crippen LogP contribution is -2.48. The molecule has 0 aromatic rings. The molecule has 2 heteroatoms. The van der Waals surface area contributed by atoms with Gasteiger partial charge in [-0.2, -0.15) is 0 Å². The highest BCUT2D eigenvalue weighted by atomic mass is 15.2. The molecule has 0 radical (unpaired) electrons. The lowest BCUT2D eigenvalue weighted by molar-refractivity contribution is 0.107. The second-order valence-electron chi connectivity index (χ2n) is 7.22. The van der Waals surface area contributed by atoms with Crippen molar-refractivity contribution in [2.24, 2.45) is 11.3 Å². The zero-order chi connectivity index (χ0) is 18.2. The first-order valence-electron chi connectivity index (χ1n) is 9.81. The van der Waals surface area contributed by atoms with E-state index < -0.39 is 0 Å². The van der Waals surface area contributed by atoms with Crippen LogP contribution in [0, 0.1) is 16.7 Å². The molecule has 0 aromatic heterocycles. The van der Waals surface area contributed by atoms with Crippen LogP contribution in [0.5, 0.6) is 0 Å². The smallest absolute Gasteiger partial charge is 0.0968 e. The maximum atomic E-state index is 8.28. The Bertz CT molecular complexity index is 486. The van der Waals surface area contributed by atoms with Gasteiger partial charge in [0, 0.05) is 17.7 Å². The molecule has 1 saturated carbocycles. The van der Waals surface area contributed by atoms with Gasteiger partial charge in [-0.05, 0) is 51.0 Å². The molecule has 1 aliphatic carbocycles. The van der Waals surface area contributed by atoms with Crippen molar-refractivity contribution in [2.45, 2.75) is 79.6 Å². The van der Waals surface area contributed by atoms with Crippen molar-refractivity contribution in [1.29, 1.82) is 5.41 Å². The zero-order valence-corrected chi connectivity index (χ0v) is 16.6. The Morgan fingerprint density at radius 3 is 2.42 bits per heavy atom. The number of unbranched alkanes of at least 4 members (excludes halogenated alkanes) is 3. The molecule has 0 aliphatic heterocycles. The largest absolute Gasteiger partial charge is 0.334 e. The van der Waals surface area contributed by atoms with E-state index in [2.05, 4.69) is 57.4 Å². The second kappa shape index (κ2) is 9.86. The van der Waals surface area contributed by atoms with Crippen LogP contribution in [0.25, 0.3) is 0 Å². The van der Waals surface area contributed by atoms with Crippen LogP contribution in [0.1, 0.15) is 79.6 Å². The standard InChI is InChI=1S/C22H38N2/c1-7-10-11-12-17-24(20(6)23)19(5)22(16-15-18(22)4)21(13-8-2)14-9-3/h8,13-14,18,23H,5,7,9-12,15-17H2,1-4,6H3/b13-8-,21-14+,23-20?. The van der Waals surface area contributed by atoms with Gasteiger partial charge < -0.3 is 4.90 Å². The molecule has 0 spiro atoms. The fraction of sp³-hybridized carbons (Fsp3) is 0.682. The molecule has 2 atom stereocenters. The molecule has 2 unspecified atom stereocenters. The minimum absolute atomic E-state index is 0.0234. The molecule has 1 aliphatic rings. The first-order chi connectivity index (χ1) is 11.4. The molecule has 0 heterocycles.